The van der Waals surface area contributed by atoms with Crippen molar-refractivity contribution in [1.29, 1.82) is 5.26 Å². The van der Waals surface area contributed by atoms with Gasteiger partial charge in [-0.1, -0.05) is 0 Å². The van der Waals surface area contributed by atoms with Crippen LogP contribution in [-0.2, 0) is 9.84 Å². The van der Waals surface area contributed by atoms with Crippen LogP contribution in [0.2, 0.25) is 0 Å². The van der Waals surface area contributed by atoms with Crippen molar-refractivity contribution >= 4 is 15.5 Å². The fraction of sp³-hybridized carbons (Fsp3) is 0.0625. The summed E-state index contributed by atoms with van der Waals surface area (Å²) in [7, 11) is -2.48. The number of hydrogen-bond donors (Lipinski definition) is 1. The fourth-order valence-corrected chi connectivity index (χ4v) is 2.83. The highest BCUT2D eigenvalue weighted by Crippen LogP contribution is 2.22. The lowest BCUT2D eigenvalue weighted by Gasteiger charge is -2.06. The zero-order valence-electron chi connectivity index (χ0n) is 12.2. The average molecular weight is 332 g/mol. The second kappa shape index (κ2) is 6.94. The molecule has 2 aromatic carbocycles. The standard InChI is InChI=1S/C16H13FN2O3S/c1-22-14-6-8-15(9-7-14)23(20,21)16(10-18)11-19-13-4-2-12(17)3-5-13/h2-9,11,19H,1H3. The number of nitrogens with one attached hydrogen (secondary N) is 1. The monoisotopic (exact) mass is 332 g/mol. The molecule has 7 heteroatoms. The largest absolute Gasteiger partial charge is 0.497 e. The van der Waals surface area contributed by atoms with Crippen LogP contribution in [0, 0.1) is 17.1 Å². The molecule has 0 aromatic heterocycles. The molecule has 23 heavy (non-hydrogen) atoms. The number of nitrogens with zero attached hydrogens (tertiary/aromatic N) is 1. The van der Waals surface area contributed by atoms with Gasteiger partial charge in [0, 0.05) is 11.9 Å². The van der Waals surface area contributed by atoms with E-state index in [0.29, 0.717) is 11.4 Å². The Hall–Kier alpha value is -2.85. The second-order valence-electron chi connectivity index (χ2n) is 4.45. The van der Waals surface area contributed by atoms with Crippen molar-refractivity contribution in [3.63, 3.8) is 0 Å². The van der Waals surface area contributed by atoms with Gasteiger partial charge in [-0.15, -0.1) is 0 Å². The van der Waals surface area contributed by atoms with Crippen LogP contribution in [0.4, 0.5) is 10.1 Å². The minimum absolute atomic E-state index is 0.0213. The van der Waals surface area contributed by atoms with E-state index in [1.807, 2.05) is 0 Å². The number of halogens is 1. The molecule has 0 amide bonds. The Morgan fingerprint density at radius 2 is 1.78 bits per heavy atom. The Morgan fingerprint density at radius 3 is 2.30 bits per heavy atom. The predicted molar refractivity (Wildman–Crippen MR) is 83.9 cm³/mol. The van der Waals surface area contributed by atoms with Gasteiger partial charge in [-0.25, -0.2) is 12.8 Å². The molecule has 0 bridgehead atoms. The molecule has 0 atom stereocenters. The highest BCUT2D eigenvalue weighted by atomic mass is 32.2. The van der Waals surface area contributed by atoms with Gasteiger partial charge >= 0.3 is 0 Å². The van der Waals surface area contributed by atoms with E-state index in [1.165, 1.54) is 55.6 Å². The molecule has 0 radical (unpaired) electrons. The fourth-order valence-electron chi connectivity index (χ4n) is 1.75. The quantitative estimate of drug-likeness (QED) is 0.851. The summed E-state index contributed by atoms with van der Waals surface area (Å²) in [5, 5.41) is 11.8. The van der Waals surface area contributed by atoms with Gasteiger partial charge in [0.1, 0.15) is 17.6 Å². The van der Waals surface area contributed by atoms with Crippen LogP contribution in [0.1, 0.15) is 0 Å². The summed E-state index contributed by atoms with van der Waals surface area (Å²) in [6, 6.07) is 12.7. The van der Waals surface area contributed by atoms with E-state index in [-0.39, 0.29) is 4.90 Å². The second-order valence-corrected chi connectivity index (χ2v) is 6.37. The van der Waals surface area contributed by atoms with Crippen LogP contribution < -0.4 is 10.1 Å². The Morgan fingerprint density at radius 1 is 1.17 bits per heavy atom. The Kier molecular flexibility index (Phi) is 4.98. The molecule has 5 nitrogen and oxygen atoms in total. The number of anilines is 1. The smallest absolute Gasteiger partial charge is 0.218 e. The number of benzene rings is 2. The third kappa shape index (κ3) is 3.87. The van der Waals surface area contributed by atoms with Crippen molar-refractivity contribution < 1.29 is 17.5 Å². The van der Waals surface area contributed by atoms with E-state index in [0.717, 1.165) is 6.20 Å². The summed E-state index contributed by atoms with van der Waals surface area (Å²) in [4.78, 5) is -0.473. The topological polar surface area (TPSA) is 79.2 Å². The Bertz CT molecular complexity index is 852. The predicted octanol–water partition coefficient (Wildman–Crippen LogP) is 3.09. The van der Waals surface area contributed by atoms with E-state index in [1.54, 1.807) is 6.07 Å². The number of hydrogen-bond acceptors (Lipinski definition) is 5. The normalized spacial score (nSPS) is 11.6. The molecule has 118 valence electrons. The number of sulfone groups is 1. The maximum Gasteiger partial charge on any atom is 0.218 e. The number of ether oxygens (including phenoxy) is 1. The lowest BCUT2D eigenvalue weighted by Crippen LogP contribution is -2.05. The zero-order valence-corrected chi connectivity index (χ0v) is 13.0. The first kappa shape index (κ1) is 16.5. The van der Waals surface area contributed by atoms with Gasteiger partial charge in [-0.05, 0) is 48.5 Å². The Labute approximate surface area is 133 Å². The minimum atomic E-state index is -3.95. The first-order chi connectivity index (χ1) is 11.0. The van der Waals surface area contributed by atoms with Gasteiger partial charge in [0.15, 0.2) is 4.91 Å². The maximum absolute atomic E-state index is 12.8. The molecule has 0 aliphatic heterocycles. The summed E-state index contributed by atoms with van der Waals surface area (Å²) in [5.74, 6) is 0.0989. The summed E-state index contributed by atoms with van der Waals surface area (Å²) < 4.78 is 42.6. The molecule has 0 unspecified atom stereocenters. The van der Waals surface area contributed by atoms with Crippen molar-refractivity contribution in [1.82, 2.24) is 0 Å². The highest BCUT2D eigenvalue weighted by molar-refractivity contribution is 7.95. The van der Waals surface area contributed by atoms with E-state index in [9.17, 15) is 12.8 Å². The molecule has 0 spiro atoms. The lowest BCUT2D eigenvalue weighted by molar-refractivity contribution is 0.414. The van der Waals surface area contributed by atoms with Gasteiger partial charge < -0.3 is 10.1 Å². The van der Waals surface area contributed by atoms with Gasteiger partial charge in [0.2, 0.25) is 9.84 Å². The Balaban J connectivity index is 2.29. The highest BCUT2D eigenvalue weighted by Gasteiger charge is 2.20. The molecule has 0 fully saturated rings. The van der Waals surface area contributed by atoms with Crippen LogP contribution in [0.25, 0.3) is 0 Å². The molecular formula is C16H13FN2O3S. The third-order valence-electron chi connectivity index (χ3n) is 2.98. The van der Waals surface area contributed by atoms with Crippen molar-refractivity contribution in [2.45, 2.75) is 4.90 Å². The number of allylic oxidation sites excluding steroid dienone is 1. The van der Waals surface area contributed by atoms with Gasteiger partial charge in [-0.2, -0.15) is 5.26 Å². The summed E-state index contributed by atoms with van der Waals surface area (Å²) in [5.41, 5.74) is 0.462. The number of nitriles is 1. The molecular weight excluding hydrogens is 319 g/mol. The molecule has 0 heterocycles. The first-order valence-electron chi connectivity index (χ1n) is 6.49. The van der Waals surface area contributed by atoms with Gasteiger partial charge in [0.25, 0.3) is 0 Å². The SMILES string of the molecule is COc1ccc(S(=O)(=O)C(C#N)=CNc2ccc(F)cc2)cc1. The van der Waals surface area contributed by atoms with Gasteiger partial charge in [-0.3, -0.25) is 0 Å². The number of rotatable bonds is 5. The lowest BCUT2D eigenvalue weighted by atomic mass is 10.3. The van der Waals surface area contributed by atoms with Crippen LogP contribution in [-0.4, -0.2) is 15.5 Å². The van der Waals surface area contributed by atoms with Crippen molar-refractivity contribution in [3.8, 4) is 11.8 Å². The van der Waals surface area contributed by atoms with E-state index in [2.05, 4.69) is 5.32 Å². The van der Waals surface area contributed by atoms with Crippen molar-refractivity contribution in [2.24, 2.45) is 0 Å². The molecule has 0 aliphatic carbocycles. The zero-order chi connectivity index (χ0) is 16.9. The summed E-state index contributed by atoms with van der Waals surface area (Å²) >= 11 is 0. The summed E-state index contributed by atoms with van der Waals surface area (Å²) in [6.45, 7) is 0. The van der Waals surface area contributed by atoms with E-state index < -0.39 is 20.6 Å². The average Bonchev–Trinajstić information content (AvgIpc) is 2.57. The van der Waals surface area contributed by atoms with Crippen molar-refractivity contribution in [3.05, 3.63) is 65.5 Å². The molecule has 0 saturated carbocycles. The van der Waals surface area contributed by atoms with Crippen LogP contribution in [0.5, 0.6) is 5.75 Å². The number of methoxy groups -OCH3 is 1. The van der Waals surface area contributed by atoms with Gasteiger partial charge in [0.05, 0.1) is 12.0 Å². The first-order valence-corrected chi connectivity index (χ1v) is 7.97. The van der Waals surface area contributed by atoms with Crippen LogP contribution in [0.15, 0.2) is 64.5 Å². The molecule has 2 rings (SSSR count). The molecule has 0 aliphatic rings. The maximum atomic E-state index is 12.8. The molecule has 1 N–H and O–H groups in total. The van der Waals surface area contributed by atoms with Crippen LogP contribution in [0.3, 0.4) is 0 Å². The summed E-state index contributed by atoms with van der Waals surface area (Å²) in [6.07, 6.45) is 1.08. The van der Waals surface area contributed by atoms with Crippen LogP contribution >= 0.6 is 0 Å². The van der Waals surface area contributed by atoms with E-state index >= 15 is 0 Å². The third-order valence-corrected chi connectivity index (χ3v) is 4.66. The molecule has 2 aromatic rings. The minimum Gasteiger partial charge on any atom is -0.497 e. The molecule has 0 saturated heterocycles. The van der Waals surface area contributed by atoms with Crippen molar-refractivity contribution in [2.75, 3.05) is 12.4 Å². The van der Waals surface area contributed by atoms with E-state index in [4.69, 9.17) is 10.00 Å².